The van der Waals surface area contributed by atoms with Gasteiger partial charge in [0.2, 0.25) is 0 Å². The predicted octanol–water partition coefficient (Wildman–Crippen LogP) is 4.49. The minimum atomic E-state index is -0.283. The van der Waals surface area contributed by atoms with Crippen LogP contribution in [0.15, 0.2) is 52.7 Å². The lowest BCUT2D eigenvalue weighted by Gasteiger charge is -1.99. The van der Waals surface area contributed by atoms with Gasteiger partial charge in [0.15, 0.2) is 0 Å². The van der Waals surface area contributed by atoms with Crippen molar-refractivity contribution in [2.45, 2.75) is 13.3 Å². The van der Waals surface area contributed by atoms with Crippen molar-refractivity contribution in [3.8, 4) is 0 Å². The average Bonchev–Trinajstić information content (AvgIpc) is 2.46. The van der Waals surface area contributed by atoms with Crippen LogP contribution in [0.2, 0.25) is 5.02 Å². The quantitative estimate of drug-likeness (QED) is 0.585. The molecule has 0 bridgehead atoms. The Morgan fingerprint density at radius 2 is 1.75 bits per heavy atom. The fraction of sp³-hybridized carbons (Fsp3) is 0.125. The topological polar surface area (TPSA) is 24.7 Å². The number of hydrogen-bond acceptors (Lipinski definition) is 2. The first-order chi connectivity index (χ1) is 9.69. The van der Waals surface area contributed by atoms with Gasteiger partial charge in [0, 0.05) is 10.6 Å². The lowest BCUT2D eigenvalue weighted by Crippen LogP contribution is -1.90. The summed E-state index contributed by atoms with van der Waals surface area (Å²) in [4.78, 5) is 0. The highest BCUT2D eigenvalue weighted by atomic mass is 35.5. The van der Waals surface area contributed by atoms with Crippen molar-refractivity contribution in [2.24, 2.45) is 10.2 Å². The minimum absolute atomic E-state index is 0.283. The Kier molecular flexibility index (Phi) is 5.02. The molecule has 4 heteroatoms. The fourth-order valence-corrected chi connectivity index (χ4v) is 1.77. The second-order valence-corrected chi connectivity index (χ2v) is 4.69. The van der Waals surface area contributed by atoms with Gasteiger partial charge in [-0.15, -0.1) is 0 Å². The molecule has 0 unspecified atom stereocenters. The van der Waals surface area contributed by atoms with Gasteiger partial charge in [-0.1, -0.05) is 42.8 Å². The molecule has 0 fully saturated rings. The molecule has 2 aromatic carbocycles. The van der Waals surface area contributed by atoms with Crippen LogP contribution in [-0.2, 0) is 6.42 Å². The number of hydrogen-bond donors (Lipinski definition) is 0. The first-order valence-electron chi connectivity index (χ1n) is 6.29. The van der Waals surface area contributed by atoms with Crippen molar-refractivity contribution in [1.29, 1.82) is 0 Å². The highest BCUT2D eigenvalue weighted by molar-refractivity contribution is 6.30. The molecule has 0 N–H and O–H groups in total. The normalized spacial score (nSPS) is 11.6. The summed E-state index contributed by atoms with van der Waals surface area (Å²) >= 11 is 5.78. The predicted molar refractivity (Wildman–Crippen MR) is 82.4 cm³/mol. The third-order valence-corrected chi connectivity index (χ3v) is 3.07. The third-order valence-electron chi connectivity index (χ3n) is 2.81. The van der Waals surface area contributed by atoms with Gasteiger partial charge < -0.3 is 0 Å². The molecule has 0 aliphatic rings. The summed E-state index contributed by atoms with van der Waals surface area (Å²) in [6, 6.07) is 12.3. The van der Waals surface area contributed by atoms with Gasteiger partial charge >= 0.3 is 0 Å². The Morgan fingerprint density at radius 1 is 1.05 bits per heavy atom. The maximum atomic E-state index is 13.7. The molecule has 0 saturated heterocycles. The standard InChI is InChI=1S/C16H14ClFN2/c1-2-12-3-6-14(16(18)9-12)11-20-19-10-13-4-7-15(17)8-5-13/h3-11H,2H2,1H3/b19-10+,20-11+. The lowest BCUT2D eigenvalue weighted by molar-refractivity contribution is 0.624. The van der Waals surface area contributed by atoms with Crippen LogP contribution in [0.1, 0.15) is 23.6 Å². The Balaban J connectivity index is 2.04. The summed E-state index contributed by atoms with van der Waals surface area (Å²) in [5.41, 5.74) is 2.27. The van der Waals surface area contributed by atoms with Gasteiger partial charge in [-0.3, -0.25) is 0 Å². The van der Waals surface area contributed by atoms with Gasteiger partial charge in [-0.05, 0) is 35.7 Å². The molecule has 0 amide bonds. The summed E-state index contributed by atoms with van der Waals surface area (Å²) in [6.07, 6.45) is 3.80. The van der Waals surface area contributed by atoms with Crippen LogP contribution in [0.3, 0.4) is 0 Å². The van der Waals surface area contributed by atoms with Gasteiger partial charge in [-0.25, -0.2) is 4.39 Å². The molecule has 0 saturated carbocycles. The number of benzene rings is 2. The van der Waals surface area contributed by atoms with Crippen molar-refractivity contribution >= 4 is 24.0 Å². The average molecular weight is 289 g/mol. The van der Waals surface area contributed by atoms with Crippen LogP contribution in [0, 0.1) is 5.82 Å². The van der Waals surface area contributed by atoms with E-state index in [1.807, 2.05) is 25.1 Å². The Hall–Kier alpha value is -2.00. The maximum absolute atomic E-state index is 13.7. The van der Waals surface area contributed by atoms with Gasteiger partial charge in [0.25, 0.3) is 0 Å². The van der Waals surface area contributed by atoms with E-state index in [2.05, 4.69) is 10.2 Å². The monoisotopic (exact) mass is 288 g/mol. The Labute approximate surface area is 122 Å². The Bertz CT molecular complexity index is 633. The molecule has 0 aliphatic heterocycles. The molecular formula is C16H14ClFN2. The molecule has 2 nitrogen and oxygen atoms in total. The van der Waals surface area contributed by atoms with E-state index in [0.717, 1.165) is 17.5 Å². The van der Waals surface area contributed by atoms with Crippen LogP contribution in [-0.4, -0.2) is 12.4 Å². The van der Waals surface area contributed by atoms with Crippen LogP contribution in [0.25, 0.3) is 0 Å². The highest BCUT2D eigenvalue weighted by Crippen LogP contribution is 2.10. The molecule has 2 aromatic rings. The summed E-state index contributed by atoms with van der Waals surface area (Å²) in [6.45, 7) is 1.99. The lowest BCUT2D eigenvalue weighted by atomic mass is 10.1. The number of nitrogens with zero attached hydrogens (tertiary/aromatic N) is 2. The van der Waals surface area contributed by atoms with E-state index >= 15 is 0 Å². The second-order valence-electron chi connectivity index (χ2n) is 4.25. The third kappa shape index (κ3) is 4.00. The van der Waals surface area contributed by atoms with E-state index in [4.69, 9.17) is 11.6 Å². The van der Waals surface area contributed by atoms with Crippen molar-refractivity contribution in [3.63, 3.8) is 0 Å². The van der Waals surface area contributed by atoms with E-state index in [1.54, 1.807) is 24.4 Å². The summed E-state index contributed by atoms with van der Waals surface area (Å²) in [7, 11) is 0. The molecule has 0 aliphatic carbocycles. The zero-order valence-corrected chi connectivity index (χ0v) is 11.8. The number of aryl methyl sites for hydroxylation is 1. The summed E-state index contributed by atoms with van der Waals surface area (Å²) in [5.74, 6) is -0.283. The Morgan fingerprint density at radius 3 is 2.40 bits per heavy atom. The summed E-state index contributed by atoms with van der Waals surface area (Å²) in [5, 5.41) is 8.40. The first kappa shape index (κ1) is 14.4. The molecule has 0 heterocycles. The van der Waals surface area contributed by atoms with Crippen molar-refractivity contribution in [2.75, 3.05) is 0 Å². The van der Waals surface area contributed by atoms with E-state index in [-0.39, 0.29) is 5.82 Å². The molecule has 0 spiro atoms. The maximum Gasteiger partial charge on any atom is 0.132 e. The summed E-state index contributed by atoms with van der Waals surface area (Å²) < 4.78 is 13.7. The largest absolute Gasteiger partial charge is 0.206 e. The first-order valence-corrected chi connectivity index (χ1v) is 6.67. The number of rotatable bonds is 4. The van der Waals surface area contributed by atoms with Crippen LogP contribution in [0.4, 0.5) is 4.39 Å². The van der Waals surface area contributed by atoms with E-state index in [9.17, 15) is 4.39 Å². The molecule has 20 heavy (non-hydrogen) atoms. The van der Waals surface area contributed by atoms with Gasteiger partial charge in [0.1, 0.15) is 5.82 Å². The van der Waals surface area contributed by atoms with Gasteiger partial charge in [0.05, 0.1) is 12.4 Å². The van der Waals surface area contributed by atoms with Crippen molar-refractivity contribution < 1.29 is 4.39 Å². The van der Waals surface area contributed by atoms with E-state index in [0.29, 0.717) is 10.6 Å². The smallest absolute Gasteiger partial charge is 0.132 e. The molecule has 2 rings (SSSR count). The van der Waals surface area contributed by atoms with Crippen molar-refractivity contribution in [3.05, 3.63) is 70.0 Å². The SMILES string of the molecule is CCc1ccc(/C=N/N=C/c2ccc(Cl)cc2)c(F)c1. The molecule has 0 aromatic heterocycles. The molecular weight excluding hydrogens is 275 g/mol. The van der Waals surface area contributed by atoms with Crippen LogP contribution < -0.4 is 0 Å². The zero-order chi connectivity index (χ0) is 14.4. The molecule has 102 valence electrons. The molecule has 0 atom stereocenters. The van der Waals surface area contributed by atoms with Crippen LogP contribution >= 0.6 is 11.6 Å². The number of halogens is 2. The van der Waals surface area contributed by atoms with Gasteiger partial charge in [-0.2, -0.15) is 10.2 Å². The second kappa shape index (κ2) is 6.96. The zero-order valence-electron chi connectivity index (χ0n) is 11.1. The highest BCUT2D eigenvalue weighted by Gasteiger charge is 1.99. The van der Waals surface area contributed by atoms with E-state index in [1.165, 1.54) is 12.3 Å². The minimum Gasteiger partial charge on any atom is -0.206 e. The fourth-order valence-electron chi connectivity index (χ4n) is 1.64. The van der Waals surface area contributed by atoms with Crippen molar-refractivity contribution in [1.82, 2.24) is 0 Å². The van der Waals surface area contributed by atoms with Crippen LogP contribution in [0.5, 0.6) is 0 Å². The molecule has 0 radical (unpaired) electrons. The van der Waals surface area contributed by atoms with E-state index < -0.39 is 0 Å².